The maximum Gasteiger partial charge on any atom is 0.258 e. The zero-order valence-corrected chi connectivity index (χ0v) is 12.2. The molecule has 0 radical (unpaired) electrons. The van der Waals surface area contributed by atoms with E-state index >= 15 is 0 Å². The van der Waals surface area contributed by atoms with Gasteiger partial charge in [-0.1, -0.05) is 11.6 Å². The Labute approximate surface area is 126 Å². The Kier molecular flexibility index (Phi) is 4.43. The maximum absolute atomic E-state index is 13.6. The van der Waals surface area contributed by atoms with Crippen LogP contribution in [0.5, 0.6) is 0 Å². The first-order chi connectivity index (χ1) is 9.88. The third kappa shape index (κ3) is 3.49. The second-order valence-electron chi connectivity index (χ2n) is 4.63. The molecule has 2 aromatic carbocycles. The van der Waals surface area contributed by atoms with Crippen molar-refractivity contribution in [1.29, 1.82) is 0 Å². The van der Waals surface area contributed by atoms with Crippen molar-refractivity contribution in [3.63, 3.8) is 0 Å². The second-order valence-corrected chi connectivity index (χ2v) is 5.07. The summed E-state index contributed by atoms with van der Waals surface area (Å²) in [4.78, 5) is 13.9. The highest BCUT2D eigenvalue weighted by atomic mass is 35.5. The molecule has 0 saturated carbocycles. The molecule has 0 bridgehead atoms. The molecule has 110 valence electrons. The molecule has 2 aromatic rings. The molecule has 2 rings (SSSR count). The fourth-order valence-corrected chi connectivity index (χ4v) is 2.03. The molecule has 3 nitrogen and oxygen atoms in total. The molecule has 0 spiro atoms. The molecule has 0 aliphatic heterocycles. The molecule has 6 heteroatoms. The van der Waals surface area contributed by atoms with E-state index < -0.39 is 17.5 Å². The van der Waals surface area contributed by atoms with Crippen LogP contribution in [0.3, 0.4) is 0 Å². The lowest BCUT2D eigenvalue weighted by molar-refractivity contribution is 0.102. The lowest BCUT2D eigenvalue weighted by Gasteiger charge is -2.18. The Bertz CT molecular complexity index is 689. The maximum atomic E-state index is 13.6. The van der Waals surface area contributed by atoms with Gasteiger partial charge in [0.1, 0.15) is 11.6 Å². The van der Waals surface area contributed by atoms with Crippen LogP contribution in [0.1, 0.15) is 10.4 Å². The van der Waals surface area contributed by atoms with Gasteiger partial charge in [0.2, 0.25) is 0 Å². The Morgan fingerprint density at radius 2 is 1.86 bits per heavy atom. The smallest absolute Gasteiger partial charge is 0.258 e. The molecule has 21 heavy (non-hydrogen) atoms. The van der Waals surface area contributed by atoms with Crippen LogP contribution in [0, 0.1) is 11.6 Å². The van der Waals surface area contributed by atoms with Crippen LogP contribution in [-0.4, -0.2) is 20.0 Å². The predicted octanol–water partition coefficient (Wildman–Crippen LogP) is 3.94. The van der Waals surface area contributed by atoms with E-state index in [2.05, 4.69) is 5.32 Å². The fourth-order valence-electron chi connectivity index (χ4n) is 1.86. The van der Waals surface area contributed by atoms with E-state index in [9.17, 15) is 13.6 Å². The summed E-state index contributed by atoms with van der Waals surface area (Å²) < 4.78 is 26.5. The average Bonchev–Trinajstić information content (AvgIpc) is 2.37. The zero-order chi connectivity index (χ0) is 15.6. The van der Waals surface area contributed by atoms with Crippen LogP contribution < -0.4 is 10.2 Å². The monoisotopic (exact) mass is 310 g/mol. The number of nitrogens with one attached hydrogen (secondary N) is 1. The van der Waals surface area contributed by atoms with Gasteiger partial charge in [0.15, 0.2) is 0 Å². The minimum absolute atomic E-state index is 0.235. The topological polar surface area (TPSA) is 32.3 Å². The highest BCUT2D eigenvalue weighted by molar-refractivity contribution is 6.31. The summed E-state index contributed by atoms with van der Waals surface area (Å²) in [5.41, 5.74) is 0.928. The van der Waals surface area contributed by atoms with Crippen LogP contribution >= 0.6 is 11.6 Å². The highest BCUT2D eigenvalue weighted by Gasteiger charge is 2.15. The van der Waals surface area contributed by atoms with Gasteiger partial charge in [-0.25, -0.2) is 8.78 Å². The standard InChI is InChI=1S/C15H13ClF2N2O/c1-20(2)14-6-3-9(16)7-13(14)19-15(21)11-5-4-10(17)8-12(11)18/h3-8H,1-2H3,(H,19,21). The summed E-state index contributed by atoms with van der Waals surface area (Å²) in [6, 6.07) is 7.78. The first kappa shape index (κ1) is 15.3. The number of rotatable bonds is 3. The summed E-state index contributed by atoms with van der Waals surface area (Å²) in [6.45, 7) is 0. The summed E-state index contributed by atoms with van der Waals surface area (Å²) in [6.07, 6.45) is 0. The van der Waals surface area contributed by atoms with Crippen LogP contribution in [0.2, 0.25) is 5.02 Å². The molecule has 0 aliphatic carbocycles. The van der Waals surface area contributed by atoms with Crippen LogP contribution in [0.4, 0.5) is 20.2 Å². The number of nitrogens with zero attached hydrogens (tertiary/aromatic N) is 1. The van der Waals surface area contributed by atoms with Crippen molar-refractivity contribution in [2.45, 2.75) is 0 Å². The number of carbonyl (C=O) groups is 1. The van der Waals surface area contributed by atoms with Gasteiger partial charge in [0, 0.05) is 25.2 Å². The first-order valence-electron chi connectivity index (χ1n) is 6.12. The molecule has 0 saturated heterocycles. The molecule has 0 aliphatic rings. The lowest BCUT2D eigenvalue weighted by atomic mass is 10.1. The van der Waals surface area contributed by atoms with Gasteiger partial charge in [0.25, 0.3) is 5.91 Å². The Balaban J connectivity index is 2.33. The van der Waals surface area contributed by atoms with Crippen molar-refractivity contribution in [2.75, 3.05) is 24.3 Å². The molecule has 0 atom stereocenters. The van der Waals surface area contributed by atoms with Crippen LogP contribution in [0.25, 0.3) is 0 Å². The minimum Gasteiger partial charge on any atom is -0.376 e. The largest absolute Gasteiger partial charge is 0.376 e. The van der Waals surface area contributed by atoms with E-state index in [-0.39, 0.29) is 5.56 Å². The van der Waals surface area contributed by atoms with Crippen molar-refractivity contribution in [1.82, 2.24) is 0 Å². The molecule has 1 N–H and O–H groups in total. The SMILES string of the molecule is CN(C)c1ccc(Cl)cc1NC(=O)c1ccc(F)cc1F. The van der Waals surface area contributed by atoms with Crippen molar-refractivity contribution in [3.8, 4) is 0 Å². The van der Waals surface area contributed by atoms with Crippen LogP contribution in [0.15, 0.2) is 36.4 Å². The first-order valence-corrected chi connectivity index (χ1v) is 6.49. The summed E-state index contributed by atoms with van der Waals surface area (Å²) in [5.74, 6) is -2.32. The van der Waals surface area contributed by atoms with E-state index in [1.807, 2.05) is 0 Å². The second kappa shape index (κ2) is 6.10. The van der Waals surface area contributed by atoms with E-state index in [4.69, 9.17) is 11.6 Å². The normalized spacial score (nSPS) is 10.3. The molecule has 0 unspecified atom stereocenters. The van der Waals surface area contributed by atoms with Gasteiger partial charge in [-0.2, -0.15) is 0 Å². The highest BCUT2D eigenvalue weighted by Crippen LogP contribution is 2.28. The van der Waals surface area contributed by atoms with E-state index in [1.165, 1.54) is 0 Å². The number of benzene rings is 2. The average molecular weight is 311 g/mol. The molecule has 0 aromatic heterocycles. The fraction of sp³-hybridized carbons (Fsp3) is 0.133. The van der Waals surface area contributed by atoms with Crippen molar-refractivity contribution < 1.29 is 13.6 Å². The lowest BCUT2D eigenvalue weighted by Crippen LogP contribution is -2.17. The minimum atomic E-state index is -0.916. The summed E-state index contributed by atoms with van der Waals surface area (Å²) >= 11 is 5.91. The van der Waals surface area contributed by atoms with E-state index in [1.54, 1.807) is 37.2 Å². The quantitative estimate of drug-likeness (QED) is 0.931. The number of hydrogen-bond donors (Lipinski definition) is 1. The van der Waals surface area contributed by atoms with Gasteiger partial charge in [-0.05, 0) is 30.3 Å². The van der Waals surface area contributed by atoms with Crippen molar-refractivity contribution >= 4 is 28.9 Å². The molecule has 0 fully saturated rings. The van der Waals surface area contributed by atoms with E-state index in [0.29, 0.717) is 16.8 Å². The number of anilines is 2. The molecular weight excluding hydrogens is 298 g/mol. The Morgan fingerprint density at radius 1 is 1.14 bits per heavy atom. The zero-order valence-electron chi connectivity index (χ0n) is 11.5. The molecular formula is C15H13ClF2N2O. The third-order valence-electron chi connectivity index (χ3n) is 2.86. The molecule has 0 heterocycles. The number of halogens is 3. The molecule has 1 amide bonds. The van der Waals surface area contributed by atoms with Gasteiger partial charge < -0.3 is 10.2 Å². The van der Waals surface area contributed by atoms with Gasteiger partial charge in [0.05, 0.1) is 16.9 Å². The van der Waals surface area contributed by atoms with Crippen molar-refractivity contribution in [3.05, 3.63) is 58.6 Å². The Morgan fingerprint density at radius 3 is 2.48 bits per heavy atom. The van der Waals surface area contributed by atoms with Crippen LogP contribution in [-0.2, 0) is 0 Å². The van der Waals surface area contributed by atoms with E-state index in [0.717, 1.165) is 17.8 Å². The van der Waals surface area contributed by atoms with Crippen molar-refractivity contribution in [2.24, 2.45) is 0 Å². The van der Waals surface area contributed by atoms with Gasteiger partial charge in [-0.15, -0.1) is 0 Å². The summed E-state index contributed by atoms with van der Waals surface area (Å²) in [7, 11) is 3.61. The third-order valence-corrected chi connectivity index (χ3v) is 3.10. The number of amides is 1. The Hall–Kier alpha value is -2.14. The number of hydrogen-bond acceptors (Lipinski definition) is 2. The van der Waals surface area contributed by atoms with Gasteiger partial charge in [-0.3, -0.25) is 4.79 Å². The summed E-state index contributed by atoms with van der Waals surface area (Å²) in [5, 5.41) is 3.02. The predicted molar refractivity (Wildman–Crippen MR) is 80.1 cm³/mol. The number of carbonyl (C=O) groups excluding carboxylic acids is 1. The van der Waals surface area contributed by atoms with Gasteiger partial charge >= 0.3 is 0 Å².